The molecule has 0 aliphatic carbocycles. The summed E-state index contributed by atoms with van der Waals surface area (Å²) in [5.74, 6) is 0. The third-order valence-electron chi connectivity index (χ3n) is 5.57. The minimum atomic E-state index is 0.349. The Morgan fingerprint density at radius 1 is 1.22 bits per heavy atom. The van der Waals surface area contributed by atoms with Crippen molar-refractivity contribution in [1.29, 1.82) is 0 Å². The summed E-state index contributed by atoms with van der Waals surface area (Å²) in [6, 6.07) is 0. The molecule has 3 rings (SSSR count). The molecular formula is C18H31N5. The molecule has 0 amide bonds. The molecule has 2 aliphatic rings. The molecule has 128 valence electrons. The highest BCUT2D eigenvalue weighted by Crippen LogP contribution is 2.30. The lowest BCUT2D eigenvalue weighted by molar-refractivity contribution is 0.0142. The lowest BCUT2D eigenvalue weighted by atomic mass is 9.84. The standard InChI is InChI=1S/C18H31N5/c1-3-23-15-17(14-20-23)13-19-16-18(7-11-21(2)12-8-18)22-9-5-4-6-10-22/h3,14-15,19H,1,4-13,16H2,2H3. The quantitative estimate of drug-likeness (QED) is 0.871. The van der Waals surface area contributed by atoms with E-state index in [2.05, 4.69) is 33.8 Å². The van der Waals surface area contributed by atoms with E-state index in [1.54, 1.807) is 10.9 Å². The van der Waals surface area contributed by atoms with Gasteiger partial charge in [0.2, 0.25) is 0 Å². The Morgan fingerprint density at radius 2 is 1.96 bits per heavy atom. The highest BCUT2D eigenvalue weighted by molar-refractivity contribution is 5.17. The number of rotatable bonds is 6. The lowest BCUT2D eigenvalue weighted by Crippen LogP contribution is -2.60. The lowest BCUT2D eigenvalue weighted by Gasteiger charge is -2.50. The summed E-state index contributed by atoms with van der Waals surface area (Å²) < 4.78 is 1.77. The average molecular weight is 317 g/mol. The summed E-state index contributed by atoms with van der Waals surface area (Å²) in [5.41, 5.74) is 1.58. The third-order valence-corrected chi connectivity index (χ3v) is 5.57. The highest BCUT2D eigenvalue weighted by Gasteiger charge is 2.39. The molecule has 2 fully saturated rings. The van der Waals surface area contributed by atoms with Gasteiger partial charge < -0.3 is 10.2 Å². The number of nitrogens with zero attached hydrogens (tertiary/aromatic N) is 4. The van der Waals surface area contributed by atoms with Crippen LogP contribution >= 0.6 is 0 Å². The molecule has 2 saturated heterocycles. The summed E-state index contributed by atoms with van der Waals surface area (Å²) in [6.45, 7) is 10.7. The van der Waals surface area contributed by atoms with Crippen LogP contribution in [-0.2, 0) is 6.54 Å². The predicted molar refractivity (Wildman–Crippen MR) is 95.2 cm³/mol. The van der Waals surface area contributed by atoms with Crippen LogP contribution in [0.15, 0.2) is 19.0 Å². The highest BCUT2D eigenvalue weighted by atomic mass is 15.3. The predicted octanol–water partition coefficient (Wildman–Crippen LogP) is 2.02. The Kier molecular flexibility index (Phi) is 5.51. The molecule has 0 spiro atoms. The van der Waals surface area contributed by atoms with E-state index in [0.29, 0.717) is 5.54 Å². The number of piperidine rings is 2. The first-order valence-electron chi connectivity index (χ1n) is 9.02. The zero-order chi connectivity index (χ0) is 16.1. The van der Waals surface area contributed by atoms with Gasteiger partial charge in [-0.1, -0.05) is 13.0 Å². The van der Waals surface area contributed by atoms with E-state index in [4.69, 9.17) is 0 Å². The van der Waals surface area contributed by atoms with E-state index in [0.717, 1.165) is 13.1 Å². The third kappa shape index (κ3) is 4.03. The van der Waals surface area contributed by atoms with E-state index in [1.807, 2.05) is 12.4 Å². The number of hydrogen-bond acceptors (Lipinski definition) is 4. The summed E-state index contributed by atoms with van der Waals surface area (Å²) in [6.07, 6.45) is 12.4. The van der Waals surface area contributed by atoms with Crippen LogP contribution in [-0.4, -0.2) is 64.9 Å². The summed E-state index contributed by atoms with van der Waals surface area (Å²) in [5, 5.41) is 7.97. The van der Waals surface area contributed by atoms with Crippen LogP contribution in [0.3, 0.4) is 0 Å². The first kappa shape index (κ1) is 16.7. The summed E-state index contributed by atoms with van der Waals surface area (Å²) >= 11 is 0. The van der Waals surface area contributed by atoms with Crippen LogP contribution in [0.2, 0.25) is 0 Å². The summed E-state index contributed by atoms with van der Waals surface area (Å²) in [4.78, 5) is 5.25. The minimum absolute atomic E-state index is 0.349. The Bertz CT molecular complexity index is 495. The van der Waals surface area contributed by atoms with Gasteiger partial charge in [-0.15, -0.1) is 0 Å². The van der Waals surface area contributed by atoms with Gasteiger partial charge in [-0.25, -0.2) is 4.68 Å². The van der Waals surface area contributed by atoms with E-state index in [1.165, 1.54) is 63.8 Å². The molecule has 1 aromatic heterocycles. The van der Waals surface area contributed by atoms with Gasteiger partial charge in [-0.3, -0.25) is 4.90 Å². The maximum absolute atomic E-state index is 4.26. The largest absolute Gasteiger partial charge is 0.311 e. The van der Waals surface area contributed by atoms with Crippen molar-refractivity contribution in [1.82, 2.24) is 24.9 Å². The number of aromatic nitrogens is 2. The number of nitrogens with one attached hydrogen (secondary N) is 1. The van der Waals surface area contributed by atoms with Crippen LogP contribution in [0.25, 0.3) is 6.20 Å². The molecule has 0 bridgehead atoms. The van der Waals surface area contributed by atoms with Crippen molar-refractivity contribution in [2.24, 2.45) is 0 Å². The SMILES string of the molecule is C=Cn1cc(CNCC2(N3CCCCC3)CCN(C)CC2)cn1. The van der Waals surface area contributed by atoms with E-state index >= 15 is 0 Å². The fourth-order valence-electron chi connectivity index (χ4n) is 4.02. The van der Waals surface area contributed by atoms with Crippen molar-refractivity contribution in [3.05, 3.63) is 24.5 Å². The molecular weight excluding hydrogens is 286 g/mol. The van der Waals surface area contributed by atoms with Gasteiger partial charge >= 0.3 is 0 Å². The van der Waals surface area contributed by atoms with Crippen molar-refractivity contribution < 1.29 is 0 Å². The van der Waals surface area contributed by atoms with Crippen molar-refractivity contribution in [3.63, 3.8) is 0 Å². The molecule has 3 heterocycles. The molecule has 0 saturated carbocycles. The summed E-state index contributed by atoms with van der Waals surface area (Å²) in [7, 11) is 2.25. The van der Waals surface area contributed by atoms with Gasteiger partial charge in [0, 0.05) is 36.6 Å². The van der Waals surface area contributed by atoms with Gasteiger partial charge in [-0.05, 0) is 58.9 Å². The molecule has 0 atom stereocenters. The monoisotopic (exact) mass is 317 g/mol. The maximum Gasteiger partial charge on any atom is 0.0538 e. The maximum atomic E-state index is 4.26. The topological polar surface area (TPSA) is 36.3 Å². The molecule has 0 radical (unpaired) electrons. The van der Waals surface area contributed by atoms with Crippen molar-refractivity contribution in [2.75, 3.05) is 39.8 Å². The van der Waals surface area contributed by atoms with Crippen LogP contribution in [0.1, 0.15) is 37.7 Å². The molecule has 2 aliphatic heterocycles. The Labute approximate surface area is 140 Å². The Balaban J connectivity index is 1.60. The second-order valence-electron chi connectivity index (χ2n) is 7.19. The number of hydrogen-bond donors (Lipinski definition) is 1. The first-order chi connectivity index (χ1) is 11.2. The Morgan fingerprint density at radius 3 is 2.61 bits per heavy atom. The van der Waals surface area contributed by atoms with Crippen molar-refractivity contribution >= 4 is 6.20 Å². The van der Waals surface area contributed by atoms with Crippen LogP contribution in [0.4, 0.5) is 0 Å². The fraction of sp³-hybridized carbons (Fsp3) is 0.722. The molecule has 1 N–H and O–H groups in total. The Hall–Kier alpha value is -1.17. The van der Waals surface area contributed by atoms with Crippen LogP contribution in [0.5, 0.6) is 0 Å². The molecule has 5 nitrogen and oxygen atoms in total. The fourth-order valence-corrected chi connectivity index (χ4v) is 4.02. The number of likely N-dealkylation sites (tertiary alicyclic amines) is 2. The second-order valence-corrected chi connectivity index (χ2v) is 7.19. The first-order valence-corrected chi connectivity index (χ1v) is 9.02. The molecule has 1 aromatic rings. The molecule has 5 heteroatoms. The van der Waals surface area contributed by atoms with Gasteiger partial charge in [0.15, 0.2) is 0 Å². The smallest absolute Gasteiger partial charge is 0.0538 e. The molecule has 23 heavy (non-hydrogen) atoms. The van der Waals surface area contributed by atoms with E-state index in [9.17, 15) is 0 Å². The van der Waals surface area contributed by atoms with Crippen LogP contribution in [0, 0.1) is 0 Å². The van der Waals surface area contributed by atoms with Gasteiger partial charge in [0.25, 0.3) is 0 Å². The van der Waals surface area contributed by atoms with Gasteiger partial charge in [-0.2, -0.15) is 5.10 Å². The average Bonchev–Trinajstić information content (AvgIpc) is 3.06. The zero-order valence-corrected chi connectivity index (χ0v) is 14.5. The van der Waals surface area contributed by atoms with Crippen molar-refractivity contribution in [2.45, 2.75) is 44.2 Å². The van der Waals surface area contributed by atoms with Gasteiger partial charge in [0.1, 0.15) is 0 Å². The second kappa shape index (κ2) is 7.60. The van der Waals surface area contributed by atoms with E-state index in [-0.39, 0.29) is 0 Å². The van der Waals surface area contributed by atoms with Crippen molar-refractivity contribution in [3.8, 4) is 0 Å². The molecule has 0 aromatic carbocycles. The van der Waals surface area contributed by atoms with Crippen LogP contribution < -0.4 is 5.32 Å². The normalized spacial score (nSPS) is 23.0. The van der Waals surface area contributed by atoms with E-state index < -0.39 is 0 Å². The molecule has 0 unspecified atom stereocenters. The van der Waals surface area contributed by atoms with Gasteiger partial charge in [0.05, 0.1) is 6.20 Å². The minimum Gasteiger partial charge on any atom is -0.311 e. The zero-order valence-electron chi connectivity index (χ0n) is 14.5.